The number of hydrogen-bond donors (Lipinski definition) is 1. The summed E-state index contributed by atoms with van der Waals surface area (Å²) in [6.45, 7) is 4.88. The molecule has 1 aliphatic rings. The molecule has 0 bridgehead atoms. The third-order valence-electron chi connectivity index (χ3n) is 4.26. The first-order chi connectivity index (χ1) is 12.1. The van der Waals surface area contributed by atoms with E-state index in [1.165, 1.54) is 0 Å². The molecule has 3 rings (SSSR count). The van der Waals surface area contributed by atoms with Crippen LogP contribution in [0.4, 0.5) is 5.69 Å². The van der Waals surface area contributed by atoms with E-state index < -0.39 is 6.10 Å². The Morgan fingerprint density at radius 2 is 2.32 bits per heavy atom. The maximum absolute atomic E-state index is 12.2. The Balaban J connectivity index is 1.51. The lowest BCUT2D eigenvalue weighted by atomic mass is 10.1. The summed E-state index contributed by atoms with van der Waals surface area (Å²) in [6, 6.07) is 3.66. The van der Waals surface area contributed by atoms with Crippen molar-refractivity contribution < 1.29 is 14.3 Å². The lowest BCUT2D eigenvalue weighted by Crippen LogP contribution is -2.32. The number of amides is 1. The van der Waals surface area contributed by atoms with Gasteiger partial charge in [-0.25, -0.2) is 9.97 Å². The first-order valence-electron chi connectivity index (χ1n) is 8.64. The number of rotatable bonds is 6. The van der Waals surface area contributed by atoms with Crippen LogP contribution < -0.4 is 5.32 Å². The van der Waals surface area contributed by atoms with Crippen molar-refractivity contribution in [3.8, 4) is 5.82 Å². The fourth-order valence-corrected chi connectivity index (χ4v) is 2.73. The van der Waals surface area contributed by atoms with E-state index in [0.29, 0.717) is 12.3 Å². The second-order valence-corrected chi connectivity index (χ2v) is 6.20. The molecule has 2 aromatic rings. The summed E-state index contributed by atoms with van der Waals surface area (Å²) < 4.78 is 13.1. The van der Waals surface area contributed by atoms with E-state index in [-0.39, 0.29) is 12.0 Å². The average Bonchev–Trinajstić information content (AvgIpc) is 3.07. The molecule has 0 aliphatic carbocycles. The van der Waals surface area contributed by atoms with Gasteiger partial charge in [0.25, 0.3) is 5.91 Å². The number of anilines is 1. The highest BCUT2D eigenvalue weighted by atomic mass is 16.5. The molecule has 7 heteroatoms. The molecule has 1 saturated heterocycles. The van der Waals surface area contributed by atoms with E-state index in [4.69, 9.17) is 9.47 Å². The average molecular weight is 344 g/mol. The van der Waals surface area contributed by atoms with Crippen molar-refractivity contribution in [2.45, 2.75) is 45.3 Å². The van der Waals surface area contributed by atoms with Crippen molar-refractivity contribution in [2.75, 3.05) is 18.5 Å². The summed E-state index contributed by atoms with van der Waals surface area (Å²) in [6.07, 6.45) is 8.01. The van der Waals surface area contributed by atoms with E-state index in [1.54, 1.807) is 19.3 Å². The molecule has 1 fully saturated rings. The zero-order valence-electron chi connectivity index (χ0n) is 14.6. The fourth-order valence-electron chi connectivity index (χ4n) is 2.73. The largest absolute Gasteiger partial charge is 0.376 e. The van der Waals surface area contributed by atoms with Crippen molar-refractivity contribution in [3.63, 3.8) is 0 Å². The summed E-state index contributed by atoms with van der Waals surface area (Å²) in [5.74, 6) is 1.42. The zero-order valence-corrected chi connectivity index (χ0v) is 14.6. The van der Waals surface area contributed by atoms with Gasteiger partial charge in [0, 0.05) is 19.0 Å². The van der Waals surface area contributed by atoms with Crippen LogP contribution >= 0.6 is 0 Å². The van der Waals surface area contributed by atoms with E-state index in [1.807, 2.05) is 29.8 Å². The van der Waals surface area contributed by atoms with Crippen molar-refractivity contribution in [1.82, 2.24) is 14.5 Å². The highest BCUT2D eigenvalue weighted by Gasteiger charge is 2.19. The van der Waals surface area contributed by atoms with Crippen LogP contribution in [0.1, 0.15) is 32.0 Å². The molecule has 7 nitrogen and oxygen atoms in total. The number of imidazole rings is 1. The molecular weight excluding hydrogens is 320 g/mol. The van der Waals surface area contributed by atoms with Crippen LogP contribution in [-0.2, 0) is 14.3 Å². The first kappa shape index (κ1) is 17.6. The van der Waals surface area contributed by atoms with Gasteiger partial charge in [-0.1, -0.05) is 0 Å². The molecule has 0 aromatic carbocycles. The summed E-state index contributed by atoms with van der Waals surface area (Å²) >= 11 is 0. The molecule has 134 valence electrons. The zero-order chi connectivity index (χ0) is 17.6. The van der Waals surface area contributed by atoms with E-state index in [9.17, 15) is 4.79 Å². The Morgan fingerprint density at radius 3 is 2.96 bits per heavy atom. The van der Waals surface area contributed by atoms with Crippen LogP contribution in [0.15, 0.2) is 30.7 Å². The Labute approximate surface area is 147 Å². The number of aromatic nitrogens is 3. The van der Waals surface area contributed by atoms with Gasteiger partial charge in [-0.15, -0.1) is 0 Å². The summed E-state index contributed by atoms with van der Waals surface area (Å²) in [5.41, 5.74) is 0.635. The van der Waals surface area contributed by atoms with Crippen LogP contribution in [-0.4, -0.2) is 45.9 Å². The normalized spacial score (nSPS) is 18.7. The summed E-state index contributed by atoms with van der Waals surface area (Å²) in [7, 11) is 0. The van der Waals surface area contributed by atoms with Crippen LogP contribution in [0.2, 0.25) is 0 Å². The molecule has 25 heavy (non-hydrogen) atoms. The topological polar surface area (TPSA) is 78.3 Å². The standard InChI is InChI=1S/C18H24N4O3/c1-13(25-12-16-5-3-4-10-24-16)18(23)21-15-6-7-17(20-11-15)22-9-8-19-14(22)2/h6-9,11,13,16H,3-5,10,12H2,1-2H3,(H,21,23). The van der Waals surface area contributed by atoms with Gasteiger partial charge in [-0.3, -0.25) is 9.36 Å². The Morgan fingerprint density at radius 1 is 1.44 bits per heavy atom. The molecule has 3 heterocycles. The Bertz CT molecular complexity index is 693. The number of carbonyl (C=O) groups is 1. The molecular formula is C18H24N4O3. The van der Waals surface area contributed by atoms with Crippen LogP contribution in [0.25, 0.3) is 5.82 Å². The van der Waals surface area contributed by atoms with E-state index in [0.717, 1.165) is 37.5 Å². The fraction of sp³-hybridized carbons (Fsp3) is 0.500. The van der Waals surface area contributed by atoms with Gasteiger partial charge in [0.15, 0.2) is 0 Å². The highest BCUT2D eigenvalue weighted by Crippen LogP contribution is 2.15. The van der Waals surface area contributed by atoms with Crippen molar-refractivity contribution >= 4 is 11.6 Å². The van der Waals surface area contributed by atoms with Gasteiger partial charge >= 0.3 is 0 Å². The van der Waals surface area contributed by atoms with Gasteiger partial charge < -0.3 is 14.8 Å². The number of aryl methyl sites for hydroxylation is 1. The number of hydrogen-bond acceptors (Lipinski definition) is 5. The number of nitrogens with one attached hydrogen (secondary N) is 1. The Hall–Kier alpha value is -2.25. The van der Waals surface area contributed by atoms with Crippen LogP contribution in [0.3, 0.4) is 0 Å². The molecule has 0 spiro atoms. The lowest BCUT2D eigenvalue weighted by Gasteiger charge is -2.23. The monoisotopic (exact) mass is 344 g/mol. The maximum atomic E-state index is 12.2. The lowest BCUT2D eigenvalue weighted by molar-refractivity contribution is -0.130. The predicted molar refractivity (Wildman–Crippen MR) is 93.7 cm³/mol. The van der Waals surface area contributed by atoms with Gasteiger partial charge in [-0.05, 0) is 45.2 Å². The molecule has 0 radical (unpaired) electrons. The SMILES string of the molecule is Cc1nccn1-c1ccc(NC(=O)C(C)OCC2CCCCO2)cn1. The molecule has 1 amide bonds. The van der Waals surface area contributed by atoms with E-state index >= 15 is 0 Å². The third-order valence-corrected chi connectivity index (χ3v) is 4.26. The minimum atomic E-state index is -0.541. The summed E-state index contributed by atoms with van der Waals surface area (Å²) in [5, 5.41) is 2.82. The molecule has 1 aliphatic heterocycles. The first-order valence-corrected chi connectivity index (χ1v) is 8.64. The molecule has 1 N–H and O–H groups in total. The van der Waals surface area contributed by atoms with Gasteiger partial charge in [0.1, 0.15) is 17.7 Å². The van der Waals surface area contributed by atoms with Gasteiger partial charge in [0.05, 0.1) is 24.6 Å². The molecule has 2 atom stereocenters. The number of carbonyl (C=O) groups excluding carboxylic acids is 1. The summed E-state index contributed by atoms with van der Waals surface area (Å²) in [4.78, 5) is 20.8. The molecule has 2 unspecified atom stereocenters. The second kappa shape index (κ2) is 8.22. The quantitative estimate of drug-likeness (QED) is 0.871. The minimum Gasteiger partial charge on any atom is -0.376 e. The number of ether oxygens (including phenoxy) is 2. The van der Waals surface area contributed by atoms with E-state index in [2.05, 4.69) is 15.3 Å². The number of pyridine rings is 1. The smallest absolute Gasteiger partial charge is 0.253 e. The van der Waals surface area contributed by atoms with Crippen molar-refractivity contribution in [3.05, 3.63) is 36.5 Å². The van der Waals surface area contributed by atoms with Gasteiger partial charge in [0.2, 0.25) is 0 Å². The predicted octanol–water partition coefficient (Wildman–Crippen LogP) is 2.49. The highest BCUT2D eigenvalue weighted by molar-refractivity contribution is 5.93. The maximum Gasteiger partial charge on any atom is 0.253 e. The number of nitrogens with zero attached hydrogens (tertiary/aromatic N) is 3. The van der Waals surface area contributed by atoms with Gasteiger partial charge in [-0.2, -0.15) is 0 Å². The Kier molecular flexibility index (Phi) is 5.78. The molecule has 0 saturated carbocycles. The van der Waals surface area contributed by atoms with Crippen LogP contribution in [0, 0.1) is 6.92 Å². The third kappa shape index (κ3) is 4.64. The van der Waals surface area contributed by atoms with Crippen LogP contribution in [0.5, 0.6) is 0 Å². The van der Waals surface area contributed by atoms with Crippen molar-refractivity contribution in [1.29, 1.82) is 0 Å². The molecule has 2 aromatic heterocycles. The minimum absolute atomic E-state index is 0.100. The second-order valence-electron chi connectivity index (χ2n) is 6.20. The van der Waals surface area contributed by atoms with Crippen molar-refractivity contribution in [2.24, 2.45) is 0 Å².